The fourth-order valence-electron chi connectivity index (χ4n) is 3.73. The molecule has 0 saturated heterocycles. The van der Waals surface area contributed by atoms with Gasteiger partial charge in [-0.1, -0.05) is 27.7 Å². The molecule has 3 fully saturated rings. The van der Waals surface area contributed by atoms with Crippen LogP contribution in [0.2, 0.25) is 0 Å². The van der Waals surface area contributed by atoms with Gasteiger partial charge in [0.05, 0.1) is 6.10 Å². The third-order valence-electron chi connectivity index (χ3n) is 4.77. The molecule has 0 heterocycles. The summed E-state index contributed by atoms with van der Waals surface area (Å²) in [6.07, 6.45) is 1.31. The van der Waals surface area contributed by atoms with Crippen molar-refractivity contribution in [3.05, 3.63) is 0 Å². The lowest BCUT2D eigenvalue weighted by molar-refractivity contribution is -0.190. The maximum absolute atomic E-state index is 9.88. The smallest absolute Gasteiger partial charge is 0.0596 e. The molecule has 1 nitrogen and oxygen atoms in total. The first-order valence-electron chi connectivity index (χ1n) is 5.14. The van der Waals surface area contributed by atoms with Gasteiger partial charge in [0.25, 0.3) is 0 Å². The van der Waals surface area contributed by atoms with Crippen molar-refractivity contribution in [2.75, 3.05) is 0 Å². The molecule has 3 rings (SSSR count). The lowest BCUT2D eigenvalue weighted by Crippen LogP contribution is -2.60. The van der Waals surface area contributed by atoms with Crippen LogP contribution in [-0.4, -0.2) is 11.2 Å². The first-order valence-corrected chi connectivity index (χ1v) is 5.14. The number of hydrogen-bond donors (Lipinski definition) is 1. The lowest BCUT2D eigenvalue weighted by Gasteiger charge is -2.64. The molecule has 3 saturated carbocycles. The van der Waals surface area contributed by atoms with Crippen LogP contribution >= 0.6 is 0 Å². The summed E-state index contributed by atoms with van der Waals surface area (Å²) in [6, 6.07) is 0. The normalized spacial score (nSPS) is 56.2. The molecule has 0 aromatic carbocycles. The van der Waals surface area contributed by atoms with Crippen LogP contribution in [0.25, 0.3) is 0 Å². The Hall–Kier alpha value is -0.0400. The quantitative estimate of drug-likeness (QED) is 0.588. The standard InChI is InChI=1S/C11H20O/c1-6-8-5-9(11(8,3)4)7(2)10(6)12/h6-10,12H,5H2,1-4H3/t6-,7-,8-,9-/m1/s1. The molecular formula is C11H20O. The predicted octanol–water partition coefficient (Wildman–Crippen LogP) is 2.30. The van der Waals surface area contributed by atoms with Crippen molar-refractivity contribution in [1.82, 2.24) is 0 Å². The van der Waals surface area contributed by atoms with Crippen LogP contribution in [0.15, 0.2) is 0 Å². The van der Waals surface area contributed by atoms with E-state index in [1.165, 1.54) is 6.42 Å². The highest BCUT2D eigenvalue weighted by Gasteiger charge is 2.59. The molecular weight excluding hydrogens is 148 g/mol. The first kappa shape index (κ1) is 8.55. The molecule has 3 aliphatic rings. The topological polar surface area (TPSA) is 20.2 Å². The Labute approximate surface area is 75.2 Å². The van der Waals surface area contributed by atoms with Gasteiger partial charge in [0.15, 0.2) is 0 Å². The van der Waals surface area contributed by atoms with Crippen LogP contribution in [0.1, 0.15) is 34.1 Å². The predicted molar refractivity (Wildman–Crippen MR) is 49.7 cm³/mol. The summed E-state index contributed by atoms with van der Waals surface area (Å²) in [6.45, 7) is 9.15. The second kappa shape index (κ2) is 2.25. The zero-order valence-corrected chi connectivity index (χ0v) is 8.54. The van der Waals surface area contributed by atoms with E-state index >= 15 is 0 Å². The van der Waals surface area contributed by atoms with Crippen LogP contribution in [-0.2, 0) is 0 Å². The van der Waals surface area contributed by atoms with Gasteiger partial charge in [0.1, 0.15) is 0 Å². The molecule has 2 bridgehead atoms. The van der Waals surface area contributed by atoms with Gasteiger partial charge in [-0.15, -0.1) is 0 Å². The van der Waals surface area contributed by atoms with Crippen LogP contribution in [0, 0.1) is 29.1 Å². The first-order chi connectivity index (χ1) is 5.46. The Morgan fingerprint density at radius 2 is 1.50 bits per heavy atom. The Morgan fingerprint density at radius 3 is 1.83 bits per heavy atom. The maximum Gasteiger partial charge on any atom is 0.0596 e. The average Bonchev–Trinajstić information content (AvgIpc) is 1.98. The summed E-state index contributed by atoms with van der Waals surface area (Å²) in [4.78, 5) is 0. The molecule has 1 N–H and O–H groups in total. The molecule has 0 amide bonds. The summed E-state index contributed by atoms with van der Waals surface area (Å²) >= 11 is 0. The third kappa shape index (κ3) is 0.783. The van der Waals surface area contributed by atoms with E-state index in [0.717, 1.165) is 11.8 Å². The van der Waals surface area contributed by atoms with E-state index in [-0.39, 0.29) is 6.10 Å². The summed E-state index contributed by atoms with van der Waals surface area (Å²) in [5, 5.41) is 9.88. The molecule has 0 unspecified atom stereocenters. The van der Waals surface area contributed by atoms with E-state index in [1.54, 1.807) is 0 Å². The molecule has 1 heteroatoms. The van der Waals surface area contributed by atoms with E-state index in [9.17, 15) is 5.11 Å². The van der Waals surface area contributed by atoms with Crippen molar-refractivity contribution in [1.29, 1.82) is 0 Å². The number of aliphatic hydroxyl groups excluding tert-OH is 1. The lowest BCUT2D eigenvalue weighted by atomic mass is 9.42. The second-order valence-electron chi connectivity index (χ2n) is 5.48. The van der Waals surface area contributed by atoms with Crippen molar-refractivity contribution in [2.24, 2.45) is 29.1 Å². The minimum absolute atomic E-state index is 0.0400. The SMILES string of the molecule is C[C@H]1C(O)[C@H](C)[C@H]2C[C@H]1C2(C)C. The van der Waals surface area contributed by atoms with E-state index < -0.39 is 0 Å². The third-order valence-corrected chi connectivity index (χ3v) is 4.77. The fourth-order valence-corrected chi connectivity index (χ4v) is 3.73. The van der Waals surface area contributed by atoms with Crippen molar-refractivity contribution in [3.8, 4) is 0 Å². The van der Waals surface area contributed by atoms with E-state index in [4.69, 9.17) is 0 Å². The molecule has 3 aliphatic carbocycles. The van der Waals surface area contributed by atoms with Crippen molar-refractivity contribution in [2.45, 2.75) is 40.2 Å². The van der Waals surface area contributed by atoms with Crippen LogP contribution in [0.3, 0.4) is 0 Å². The van der Waals surface area contributed by atoms with Gasteiger partial charge >= 0.3 is 0 Å². The van der Waals surface area contributed by atoms with Crippen molar-refractivity contribution in [3.63, 3.8) is 0 Å². The zero-order chi connectivity index (χ0) is 9.09. The summed E-state index contributed by atoms with van der Waals surface area (Å²) in [5.74, 6) is 2.57. The highest BCUT2D eigenvalue weighted by molar-refractivity contribution is 5.07. The fraction of sp³-hybridized carbons (Fsp3) is 1.00. The number of aliphatic hydroxyl groups is 1. The Kier molecular flexibility index (Phi) is 1.61. The minimum atomic E-state index is -0.0400. The van der Waals surface area contributed by atoms with Gasteiger partial charge < -0.3 is 5.11 Å². The van der Waals surface area contributed by atoms with Gasteiger partial charge in [-0.3, -0.25) is 0 Å². The monoisotopic (exact) mass is 168 g/mol. The minimum Gasteiger partial charge on any atom is -0.393 e. The molecule has 12 heavy (non-hydrogen) atoms. The van der Waals surface area contributed by atoms with Crippen molar-refractivity contribution < 1.29 is 5.11 Å². The van der Waals surface area contributed by atoms with Gasteiger partial charge in [-0.2, -0.15) is 0 Å². The highest BCUT2D eigenvalue weighted by Crippen LogP contribution is 2.63. The van der Waals surface area contributed by atoms with Gasteiger partial charge in [-0.25, -0.2) is 0 Å². The summed E-state index contributed by atoms with van der Waals surface area (Å²) in [5.41, 5.74) is 0.498. The Bertz CT molecular complexity index is 179. The second-order valence-corrected chi connectivity index (χ2v) is 5.48. The molecule has 0 radical (unpaired) electrons. The highest BCUT2D eigenvalue weighted by atomic mass is 16.3. The van der Waals surface area contributed by atoms with Gasteiger partial charge in [0.2, 0.25) is 0 Å². The number of hydrogen-bond acceptors (Lipinski definition) is 1. The van der Waals surface area contributed by atoms with E-state index in [1.807, 2.05) is 0 Å². The largest absolute Gasteiger partial charge is 0.393 e. The molecule has 0 spiro atoms. The molecule has 0 aromatic rings. The molecule has 70 valence electrons. The van der Waals surface area contributed by atoms with Crippen LogP contribution < -0.4 is 0 Å². The Morgan fingerprint density at radius 1 is 1.08 bits per heavy atom. The zero-order valence-electron chi connectivity index (χ0n) is 8.54. The number of fused-ring (bicyclic) bond motifs is 2. The Balaban J connectivity index is 2.24. The van der Waals surface area contributed by atoms with Crippen molar-refractivity contribution >= 4 is 0 Å². The maximum atomic E-state index is 9.88. The van der Waals surface area contributed by atoms with Gasteiger partial charge in [-0.05, 0) is 35.5 Å². The molecule has 4 atom stereocenters. The van der Waals surface area contributed by atoms with E-state index in [2.05, 4.69) is 27.7 Å². The summed E-state index contributed by atoms with van der Waals surface area (Å²) < 4.78 is 0. The number of rotatable bonds is 0. The van der Waals surface area contributed by atoms with Gasteiger partial charge in [0, 0.05) is 0 Å². The van der Waals surface area contributed by atoms with Crippen LogP contribution in [0.5, 0.6) is 0 Å². The summed E-state index contributed by atoms with van der Waals surface area (Å²) in [7, 11) is 0. The molecule has 0 aliphatic heterocycles. The average molecular weight is 168 g/mol. The van der Waals surface area contributed by atoms with E-state index in [0.29, 0.717) is 17.3 Å². The molecule has 0 aromatic heterocycles. The van der Waals surface area contributed by atoms with Crippen LogP contribution in [0.4, 0.5) is 0 Å².